The maximum absolute atomic E-state index is 12.4. The van der Waals surface area contributed by atoms with Gasteiger partial charge in [0.15, 0.2) is 9.84 Å². The molecule has 7 nitrogen and oxygen atoms in total. The first-order valence-corrected chi connectivity index (χ1v) is 10.4. The molecule has 1 aliphatic rings. The first-order valence-electron chi connectivity index (χ1n) is 8.16. The van der Waals surface area contributed by atoms with Gasteiger partial charge in [0.05, 0.1) is 11.5 Å². The van der Waals surface area contributed by atoms with Crippen LogP contribution in [0.4, 0.5) is 5.95 Å². The summed E-state index contributed by atoms with van der Waals surface area (Å²) in [5.74, 6) is 0.0235. The van der Waals surface area contributed by atoms with Crippen LogP contribution in [0, 0.1) is 6.92 Å². The van der Waals surface area contributed by atoms with Gasteiger partial charge in [-0.05, 0) is 37.1 Å². The van der Waals surface area contributed by atoms with Gasteiger partial charge in [0.2, 0.25) is 5.95 Å². The summed E-state index contributed by atoms with van der Waals surface area (Å²) in [4.78, 5) is 20.9. The zero-order chi connectivity index (χ0) is 18.7. The van der Waals surface area contributed by atoms with E-state index in [-0.39, 0.29) is 23.2 Å². The minimum atomic E-state index is -3.05. The van der Waals surface area contributed by atoms with Crippen molar-refractivity contribution in [1.82, 2.24) is 15.3 Å². The quantitative estimate of drug-likeness (QED) is 0.804. The highest BCUT2D eigenvalue weighted by molar-refractivity contribution is 7.91. The summed E-state index contributed by atoms with van der Waals surface area (Å²) in [6, 6.07) is 8.58. The van der Waals surface area contributed by atoms with Crippen LogP contribution in [-0.2, 0) is 16.4 Å². The van der Waals surface area contributed by atoms with Crippen molar-refractivity contribution in [2.24, 2.45) is 0 Å². The molecule has 1 aliphatic heterocycles. The Bertz CT molecular complexity index is 916. The molecule has 1 unspecified atom stereocenters. The number of aromatic nitrogens is 2. The van der Waals surface area contributed by atoms with Crippen molar-refractivity contribution in [2.45, 2.75) is 25.9 Å². The van der Waals surface area contributed by atoms with E-state index in [0.717, 1.165) is 5.56 Å². The lowest BCUT2D eigenvalue weighted by molar-refractivity contribution is 0.0936. The summed E-state index contributed by atoms with van der Waals surface area (Å²) in [6.45, 7) is 2.26. The lowest BCUT2D eigenvalue weighted by Gasteiger charge is -2.12. The van der Waals surface area contributed by atoms with Crippen molar-refractivity contribution in [3.63, 3.8) is 0 Å². The second kappa shape index (κ2) is 7.59. The van der Waals surface area contributed by atoms with Crippen LogP contribution in [0.1, 0.15) is 28.2 Å². The number of aryl methyl sites for hydroxylation is 1. The molecule has 3 rings (SSSR count). The Balaban J connectivity index is 1.66. The minimum Gasteiger partial charge on any atom is -0.350 e. The van der Waals surface area contributed by atoms with Crippen LogP contribution < -0.4 is 10.6 Å². The number of sulfone groups is 1. The van der Waals surface area contributed by atoms with Crippen LogP contribution in [0.15, 0.2) is 30.3 Å². The number of hydrogen-bond acceptors (Lipinski definition) is 6. The molecular formula is C17H19ClN4O3S. The highest BCUT2D eigenvalue weighted by Gasteiger charge is 2.29. The predicted octanol–water partition coefficient (Wildman–Crippen LogP) is 1.97. The van der Waals surface area contributed by atoms with Crippen molar-refractivity contribution in [1.29, 1.82) is 0 Å². The third-order valence-corrected chi connectivity index (χ3v) is 6.04. The molecule has 0 radical (unpaired) electrons. The molecule has 1 amide bonds. The molecule has 1 atom stereocenters. The molecule has 0 spiro atoms. The number of carbonyl (C=O) groups is 1. The van der Waals surface area contributed by atoms with Gasteiger partial charge in [0.1, 0.15) is 5.69 Å². The predicted molar refractivity (Wildman–Crippen MR) is 100 cm³/mol. The zero-order valence-corrected chi connectivity index (χ0v) is 15.8. The Labute approximate surface area is 157 Å². The maximum Gasteiger partial charge on any atom is 0.270 e. The SMILES string of the molecule is Cc1cc(C(=O)NC2CCS(=O)(=O)C2)nc(NCc2ccc(Cl)cc2)n1. The van der Waals surface area contributed by atoms with Gasteiger partial charge in [-0.1, -0.05) is 23.7 Å². The molecule has 0 saturated carbocycles. The number of benzene rings is 1. The van der Waals surface area contributed by atoms with Crippen LogP contribution in [0.2, 0.25) is 5.02 Å². The van der Waals surface area contributed by atoms with Gasteiger partial charge in [-0.25, -0.2) is 18.4 Å². The molecule has 1 fully saturated rings. The van der Waals surface area contributed by atoms with E-state index in [0.29, 0.717) is 29.6 Å². The highest BCUT2D eigenvalue weighted by Crippen LogP contribution is 2.14. The fourth-order valence-corrected chi connectivity index (χ4v) is 4.51. The second-order valence-corrected chi connectivity index (χ2v) is 8.94. The number of hydrogen-bond donors (Lipinski definition) is 2. The fourth-order valence-electron chi connectivity index (χ4n) is 2.72. The summed E-state index contributed by atoms with van der Waals surface area (Å²) in [7, 11) is -3.05. The van der Waals surface area contributed by atoms with Gasteiger partial charge in [-0.2, -0.15) is 0 Å². The molecule has 0 aliphatic carbocycles. The molecule has 2 heterocycles. The number of rotatable bonds is 5. The summed E-state index contributed by atoms with van der Waals surface area (Å²) < 4.78 is 23.0. The fraction of sp³-hybridized carbons (Fsp3) is 0.353. The van der Waals surface area contributed by atoms with Crippen LogP contribution >= 0.6 is 11.6 Å². The first kappa shape index (κ1) is 18.6. The zero-order valence-electron chi connectivity index (χ0n) is 14.2. The van der Waals surface area contributed by atoms with Crippen LogP contribution in [0.25, 0.3) is 0 Å². The van der Waals surface area contributed by atoms with Gasteiger partial charge < -0.3 is 10.6 Å². The van der Waals surface area contributed by atoms with E-state index in [4.69, 9.17) is 11.6 Å². The molecule has 0 bridgehead atoms. The Morgan fingerprint density at radius 3 is 2.65 bits per heavy atom. The monoisotopic (exact) mass is 394 g/mol. The number of nitrogens with one attached hydrogen (secondary N) is 2. The van der Waals surface area contributed by atoms with Gasteiger partial charge in [-0.3, -0.25) is 4.79 Å². The van der Waals surface area contributed by atoms with Gasteiger partial charge in [0, 0.05) is 23.3 Å². The number of nitrogens with zero attached hydrogens (tertiary/aromatic N) is 2. The first-order chi connectivity index (χ1) is 12.3. The molecule has 2 aromatic rings. The van der Waals surface area contributed by atoms with E-state index >= 15 is 0 Å². The molecular weight excluding hydrogens is 376 g/mol. The number of halogens is 1. The lowest BCUT2D eigenvalue weighted by Crippen LogP contribution is -2.36. The minimum absolute atomic E-state index is 0.0233. The normalized spacial score (nSPS) is 18.5. The molecule has 26 heavy (non-hydrogen) atoms. The van der Waals surface area contributed by atoms with Crippen LogP contribution in [-0.4, -0.2) is 41.8 Å². The lowest BCUT2D eigenvalue weighted by atomic mass is 10.2. The smallest absolute Gasteiger partial charge is 0.270 e. The van der Waals surface area contributed by atoms with Crippen molar-refractivity contribution in [3.05, 3.63) is 52.3 Å². The van der Waals surface area contributed by atoms with Crippen LogP contribution in [0.3, 0.4) is 0 Å². The van der Waals surface area contributed by atoms with Crippen molar-refractivity contribution in [3.8, 4) is 0 Å². The maximum atomic E-state index is 12.4. The number of anilines is 1. The molecule has 1 aromatic heterocycles. The Kier molecular flexibility index (Phi) is 5.43. The molecule has 2 N–H and O–H groups in total. The van der Waals surface area contributed by atoms with E-state index in [1.807, 2.05) is 12.1 Å². The molecule has 9 heteroatoms. The van der Waals surface area contributed by atoms with E-state index in [1.54, 1.807) is 25.1 Å². The third-order valence-electron chi connectivity index (χ3n) is 4.02. The largest absolute Gasteiger partial charge is 0.350 e. The number of amides is 1. The van der Waals surface area contributed by atoms with E-state index in [2.05, 4.69) is 20.6 Å². The van der Waals surface area contributed by atoms with Gasteiger partial charge >= 0.3 is 0 Å². The Morgan fingerprint density at radius 2 is 2.00 bits per heavy atom. The summed E-state index contributed by atoms with van der Waals surface area (Å²) >= 11 is 5.87. The van der Waals surface area contributed by atoms with Crippen LogP contribution in [0.5, 0.6) is 0 Å². The molecule has 1 saturated heterocycles. The Hall–Kier alpha value is -2.19. The summed E-state index contributed by atoms with van der Waals surface area (Å²) in [5, 5.41) is 6.48. The van der Waals surface area contributed by atoms with E-state index in [9.17, 15) is 13.2 Å². The van der Waals surface area contributed by atoms with Crippen molar-refractivity contribution >= 4 is 33.3 Å². The van der Waals surface area contributed by atoms with E-state index < -0.39 is 15.7 Å². The van der Waals surface area contributed by atoms with Gasteiger partial charge in [0.25, 0.3) is 5.91 Å². The van der Waals surface area contributed by atoms with E-state index in [1.165, 1.54) is 0 Å². The third kappa shape index (κ3) is 4.92. The van der Waals surface area contributed by atoms with Crippen molar-refractivity contribution < 1.29 is 13.2 Å². The average Bonchev–Trinajstić information content (AvgIpc) is 2.92. The molecule has 1 aromatic carbocycles. The summed E-state index contributed by atoms with van der Waals surface area (Å²) in [6.07, 6.45) is 0.430. The average molecular weight is 395 g/mol. The number of carbonyl (C=O) groups excluding carboxylic acids is 1. The second-order valence-electron chi connectivity index (χ2n) is 6.27. The Morgan fingerprint density at radius 1 is 1.27 bits per heavy atom. The standard InChI is InChI=1S/C17H19ClN4O3S/c1-11-8-15(16(23)21-14-6-7-26(24,25)10-14)22-17(20-11)19-9-12-2-4-13(18)5-3-12/h2-5,8,14H,6-7,9-10H2,1H3,(H,21,23)(H,19,20,22). The molecule has 138 valence electrons. The van der Waals surface area contributed by atoms with Gasteiger partial charge in [-0.15, -0.1) is 0 Å². The highest BCUT2D eigenvalue weighted by atomic mass is 35.5. The van der Waals surface area contributed by atoms with Crippen molar-refractivity contribution in [2.75, 3.05) is 16.8 Å². The topological polar surface area (TPSA) is 101 Å². The summed E-state index contributed by atoms with van der Waals surface area (Å²) in [5.41, 5.74) is 1.85.